The van der Waals surface area contributed by atoms with Gasteiger partial charge in [-0.05, 0) is 44.5 Å². The Morgan fingerprint density at radius 1 is 1.48 bits per heavy atom. The number of amides is 1. The summed E-state index contributed by atoms with van der Waals surface area (Å²) in [4.78, 5) is 19.4. The van der Waals surface area contributed by atoms with Crippen molar-refractivity contribution in [2.45, 2.75) is 12.8 Å². The lowest BCUT2D eigenvalue weighted by Crippen LogP contribution is -2.42. The fraction of sp³-hybridized carbons (Fsp3) is 0.412. The van der Waals surface area contributed by atoms with Gasteiger partial charge in [0.25, 0.3) is 5.91 Å². The van der Waals surface area contributed by atoms with Crippen LogP contribution in [0, 0.1) is 11.7 Å². The molecule has 1 aliphatic heterocycles. The largest absolute Gasteiger partial charge is 0.338 e. The number of thiazole rings is 1. The smallest absolute Gasteiger partial charge is 0.265 e. The van der Waals surface area contributed by atoms with Crippen LogP contribution in [0.1, 0.15) is 22.5 Å². The number of nitrogens with one attached hydrogen (secondary N) is 1. The number of rotatable bonds is 4. The van der Waals surface area contributed by atoms with Crippen LogP contribution in [0.2, 0.25) is 0 Å². The highest BCUT2D eigenvalue weighted by Gasteiger charge is 2.25. The normalized spacial score (nSPS) is 18.2. The summed E-state index contributed by atoms with van der Waals surface area (Å²) in [5.41, 5.74) is 0.447. The monoisotopic (exact) mass is 333 g/mol. The van der Waals surface area contributed by atoms with Gasteiger partial charge in [-0.15, -0.1) is 11.3 Å². The van der Waals surface area contributed by atoms with Crippen LogP contribution in [0.5, 0.6) is 0 Å². The van der Waals surface area contributed by atoms with Gasteiger partial charge < -0.3 is 10.2 Å². The molecule has 6 heteroatoms. The van der Waals surface area contributed by atoms with Gasteiger partial charge in [-0.3, -0.25) is 4.79 Å². The molecule has 3 rings (SSSR count). The van der Waals surface area contributed by atoms with E-state index >= 15 is 0 Å². The zero-order valence-electron chi connectivity index (χ0n) is 13.1. The molecule has 2 heterocycles. The van der Waals surface area contributed by atoms with E-state index in [1.165, 1.54) is 17.4 Å². The number of hydrogen-bond donors (Lipinski definition) is 1. The molecule has 1 N–H and O–H groups in total. The van der Waals surface area contributed by atoms with Gasteiger partial charge in [-0.1, -0.05) is 12.1 Å². The first kappa shape index (κ1) is 16.1. The first-order chi connectivity index (χ1) is 11.2. The first-order valence-corrected chi connectivity index (χ1v) is 8.65. The summed E-state index contributed by atoms with van der Waals surface area (Å²) in [6.07, 6.45) is 3.74. The predicted octanol–water partition coefficient (Wildman–Crippen LogP) is 3.02. The fourth-order valence-corrected chi connectivity index (χ4v) is 3.90. The van der Waals surface area contributed by atoms with Gasteiger partial charge >= 0.3 is 0 Å². The highest BCUT2D eigenvalue weighted by atomic mass is 32.1. The van der Waals surface area contributed by atoms with Crippen molar-refractivity contribution in [3.8, 4) is 10.6 Å². The van der Waals surface area contributed by atoms with Crippen LogP contribution in [0.3, 0.4) is 0 Å². The number of aromatic nitrogens is 1. The van der Waals surface area contributed by atoms with Crippen molar-refractivity contribution < 1.29 is 9.18 Å². The van der Waals surface area contributed by atoms with Crippen LogP contribution in [-0.2, 0) is 0 Å². The molecule has 1 aromatic heterocycles. The minimum absolute atomic E-state index is 0.00546. The molecule has 1 unspecified atom stereocenters. The lowest BCUT2D eigenvalue weighted by molar-refractivity contribution is 0.0679. The van der Waals surface area contributed by atoms with Gasteiger partial charge in [0.05, 0.1) is 6.20 Å². The number of hydrogen-bond acceptors (Lipinski definition) is 4. The number of likely N-dealkylation sites (tertiary alicyclic amines) is 1. The zero-order chi connectivity index (χ0) is 16.2. The second-order valence-corrected chi connectivity index (χ2v) is 6.86. The Balaban J connectivity index is 1.75. The Bertz CT molecular complexity index is 686. The predicted molar refractivity (Wildman–Crippen MR) is 90.1 cm³/mol. The van der Waals surface area contributed by atoms with E-state index in [9.17, 15) is 9.18 Å². The Hall–Kier alpha value is -1.79. The summed E-state index contributed by atoms with van der Waals surface area (Å²) in [6.45, 7) is 2.48. The van der Waals surface area contributed by atoms with Crippen LogP contribution >= 0.6 is 11.3 Å². The van der Waals surface area contributed by atoms with Crippen LogP contribution in [0.15, 0.2) is 30.5 Å². The summed E-state index contributed by atoms with van der Waals surface area (Å²) in [5.74, 6) is 0.190. The van der Waals surface area contributed by atoms with Gasteiger partial charge in [0.2, 0.25) is 0 Å². The summed E-state index contributed by atoms with van der Waals surface area (Å²) in [5, 5.41) is 3.73. The zero-order valence-corrected chi connectivity index (χ0v) is 13.9. The van der Waals surface area contributed by atoms with Gasteiger partial charge in [0, 0.05) is 18.7 Å². The molecule has 1 aliphatic rings. The van der Waals surface area contributed by atoms with Crippen molar-refractivity contribution in [2.24, 2.45) is 5.92 Å². The molecule has 1 saturated heterocycles. The lowest BCUT2D eigenvalue weighted by atomic mass is 9.98. The number of benzene rings is 1. The summed E-state index contributed by atoms with van der Waals surface area (Å²) in [7, 11) is 1.94. The van der Waals surface area contributed by atoms with E-state index in [1.807, 2.05) is 11.9 Å². The molecular weight excluding hydrogens is 313 g/mol. The second kappa shape index (κ2) is 7.19. The average Bonchev–Trinajstić information content (AvgIpc) is 3.05. The van der Waals surface area contributed by atoms with E-state index in [0.29, 0.717) is 21.4 Å². The maximum atomic E-state index is 13.8. The standard InChI is InChI=1S/C17H20FN3OS/c1-19-9-12-5-4-8-21(11-12)17(22)15-10-20-16(23-15)13-6-2-3-7-14(13)18/h2-3,6-7,10,12,19H,4-5,8-9,11H2,1H3. The summed E-state index contributed by atoms with van der Waals surface area (Å²) in [6, 6.07) is 6.51. The molecule has 0 radical (unpaired) electrons. The minimum Gasteiger partial charge on any atom is -0.338 e. The molecule has 122 valence electrons. The number of piperidine rings is 1. The number of carbonyl (C=O) groups excluding carboxylic acids is 1. The molecule has 0 bridgehead atoms. The quantitative estimate of drug-likeness (QED) is 0.935. The molecular formula is C17H20FN3OS. The number of nitrogens with zero attached hydrogens (tertiary/aromatic N) is 2. The topological polar surface area (TPSA) is 45.2 Å². The van der Waals surface area contributed by atoms with E-state index in [2.05, 4.69) is 10.3 Å². The highest BCUT2D eigenvalue weighted by Crippen LogP contribution is 2.28. The van der Waals surface area contributed by atoms with E-state index in [-0.39, 0.29) is 11.7 Å². The van der Waals surface area contributed by atoms with E-state index in [4.69, 9.17) is 0 Å². The van der Waals surface area contributed by atoms with Gasteiger partial charge in [-0.2, -0.15) is 0 Å². The van der Waals surface area contributed by atoms with Crippen LogP contribution in [0.4, 0.5) is 4.39 Å². The second-order valence-electron chi connectivity index (χ2n) is 5.83. The van der Waals surface area contributed by atoms with Crippen LogP contribution in [-0.4, -0.2) is 42.5 Å². The van der Waals surface area contributed by atoms with Gasteiger partial charge in [-0.25, -0.2) is 9.37 Å². The van der Waals surface area contributed by atoms with E-state index in [0.717, 1.165) is 32.5 Å². The maximum absolute atomic E-state index is 13.8. The van der Waals surface area contributed by atoms with Crippen molar-refractivity contribution in [1.82, 2.24) is 15.2 Å². The van der Waals surface area contributed by atoms with Crippen LogP contribution < -0.4 is 5.32 Å². The summed E-state index contributed by atoms with van der Waals surface area (Å²) < 4.78 is 13.8. The molecule has 4 nitrogen and oxygen atoms in total. The average molecular weight is 333 g/mol. The lowest BCUT2D eigenvalue weighted by Gasteiger charge is -2.32. The first-order valence-electron chi connectivity index (χ1n) is 7.83. The molecule has 0 spiro atoms. The molecule has 23 heavy (non-hydrogen) atoms. The molecule has 1 aromatic carbocycles. The third-order valence-corrected chi connectivity index (χ3v) is 5.14. The third-order valence-electron chi connectivity index (χ3n) is 4.12. The molecule has 0 saturated carbocycles. The maximum Gasteiger partial charge on any atom is 0.265 e. The van der Waals surface area contributed by atoms with Gasteiger partial charge in [0.1, 0.15) is 15.7 Å². The van der Waals surface area contributed by atoms with Crippen molar-refractivity contribution in [2.75, 3.05) is 26.7 Å². The molecule has 2 aromatic rings. The van der Waals surface area contributed by atoms with E-state index < -0.39 is 0 Å². The number of carbonyl (C=O) groups is 1. The SMILES string of the molecule is CNCC1CCCN(C(=O)c2cnc(-c3ccccc3F)s2)C1. The van der Waals surface area contributed by atoms with Crippen molar-refractivity contribution in [3.05, 3.63) is 41.2 Å². The Morgan fingerprint density at radius 3 is 3.09 bits per heavy atom. The van der Waals surface area contributed by atoms with Gasteiger partial charge in [0.15, 0.2) is 0 Å². The molecule has 0 aliphatic carbocycles. The molecule has 1 amide bonds. The van der Waals surface area contributed by atoms with E-state index in [1.54, 1.807) is 24.4 Å². The van der Waals surface area contributed by atoms with Crippen molar-refractivity contribution in [1.29, 1.82) is 0 Å². The highest BCUT2D eigenvalue weighted by molar-refractivity contribution is 7.16. The Morgan fingerprint density at radius 2 is 2.30 bits per heavy atom. The van der Waals surface area contributed by atoms with Crippen LogP contribution in [0.25, 0.3) is 10.6 Å². The number of halogens is 1. The fourth-order valence-electron chi connectivity index (χ4n) is 2.99. The molecule has 1 fully saturated rings. The van der Waals surface area contributed by atoms with Crippen molar-refractivity contribution in [3.63, 3.8) is 0 Å². The Labute approximate surface area is 139 Å². The molecule has 1 atom stereocenters. The third kappa shape index (κ3) is 3.59. The summed E-state index contributed by atoms with van der Waals surface area (Å²) >= 11 is 1.26. The Kier molecular flexibility index (Phi) is 5.03. The minimum atomic E-state index is -0.312. The van der Waals surface area contributed by atoms with Crippen molar-refractivity contribution >= 4 is 17.2 Å².